The molecule has 1 atom stereocenters. The van der Waals surface area contributed by atoms with Crippen molar-refractivity contribution in [2.24, 2.45) is 5.92 Å². The first-order valence-corrected chi connectivity index (χ1v) is 10.7. The molecule has 166 valence electrons. The summed E-state index contributed by atoms with van der Waals surface area (Å²) < 4.78 is 7.03. The van der Waals surface area contributed by atoms with Gasteiger partial charge in [0.05, 0.1) is 18.7 Å². The van der Waals surface area contributed by atoms with Crippen molar-refractivity contribution in [3.05, 3.63) is 72.7 Å². The van der Waals surface area contributed by atoms with Crippen LogP contribution in [-0.2, 0) is 9.59 Å². The summed E-state index contributed by atoms with van der Waals surface area (Å²) in [6, 6.07) is 14.9. The Bertz CT molecular complexity index is 1310. The second-order valence-corrected chi connectivity index (χ2v) is 8.08. The fourth-order valence-corrected chi connectivity index (χ4v) is 4.01. The number of carbonyl (C=O) groups excluding carboxylic acids is 2. The van der Waals surface area contributed by atoms with Gasteiger partial charge in [0.2, 0.25) is 17.6 Å². The molecule has 1 fully saturated rings. The van der Waals surface area contributed by atoms with Crippen molar-refractivity contribution in [3.63, 3.8) is 0 Å². The highest BCUT2D eigenvalue weighted by Crippen LogP contribution is 2.29. The zero-order valence-corrected chi connectivity index (χ0v) is 18.4. The lowest BCUT2D eigenvalue weighted by Gasteiger charge is -2.17. The van der Waals surface area contributed by atoms with Crippen LogP contribution in [0.1, 0.15) is 12.0 Å². The van der Waals surface area contributed by atoms with Crippen LogP contribution >= 0.6 is 0 Å². The molecular weight excluding hydrogens is 418 g/mol. The monoisotopic (exact) mass is 441 g/mol. The minimum atomic E-state index is -0.429. The topological polar surface area (TPSA) is 88.8 Å². The van der Waals surface area contributed by atoms with Gasteiger partial charge in [0, 0.05) is 48.5 Å². The van der Waals surface area contributed by atoms with Crippen molar-refractivity contribution in [1.82, 2.24) is 14.4 Å². The Morgan fingerprint density at radius 1 is 1.18 bits per heavy atom. The molecule has 8 nitrogen and oxygen atoms in total. The Morgan fingerprint density at radius 2 is 2.00 bits per heavy atom. The Kier molecular flexibility index (Phi) is 5.26. The van der Waals surface area contributed by atoms with E-state index in [0.717, 1.165) is 28.3 Å². The molecule has 2 amide bonds. The lowest BCUT2D eigenvalue weighted by Crippen LogP contribution is -2.28. The number of rotatable bonds is 5. The molecule has 0 unspecified atom stereocenters. The van der Waals surface area contributed by atoms with Crippen molar-refractivity contribution in [3.8, 4) is 17.0 Å². The predicted molar refractivity (Wildman–Crippen MR) is 125 cm³/mol. The normalized spacial score (nSPS) is 15.8. The average Bonchev–Trinajstić information content (AvgIpc) is 3.44. The van der Waals surface area contributed by atoms with E-state index in [4.69, 9.17) is 4.74 Å². The van der Waals surface area contributed by atoms with Gasteiger partial charge >= 0.3 is 0 Å². The molecule has 33 heavy (non-hydrogen) atoms. The fourth-order valence-electron chi connectivity index (χ4n) is 4.01. The minimum Gasteiger partial charge on any atom is -0.497 e. The number of aryl methyl sites for hydroxylation is 1. The van der Waals surface area contributed by atoms with E-state index in [1.807, 2.05) is 60.1 Å². The van der Waals surface area contributed by atoms with Crippen molar-refractivity contribution in [1.29, 1.82) is 0 Å². The van der Waals surface area contributed by atoms with E-state index in [1.54, 1.807) is 30.3 Å². The molecule has 4 aromatic rings. The first-order valence-electron chi connectivity index (χ1n) is 10.7. The maximum absolute atomic E-state index is 13.0. The van der Waals surface area contributed by atoms with Gasteiger partial charge in [-0.25, -0.2) is 9.97 Å². The van der Waals surface area contributed by atoms with E-state index in [1.165, 1.54) is 0 Å². The number of fused-ring (bicyclic) bond motifs is 1. The molecule has 0 bridgehead atoms. The number of carbonyl (C=O) groups is 2. The van der Waals surface area contributed by atoms with Gasteiger partial charge in [-0.15, -0.1) is 0 Å². The fraction of sp³-hybridized carbons (Fsp3) is 0.200. The van der Waals surface area contributed by atoms with E-state index in [9.17, 15) is 9.59 Å². The molecule has 1 aliphatic heterocycles. The van der Waals surface area contributed by atoms with E-state index in [-0.39, 0.29) is 18.2 Å². The summed E-state index contributed by atoms with van der Waals surface area (Å²) in [7, 11) is 1.60. The number of aromatic nitrogens is 3. The molecule has 2 aromatic carbocycles. The molecule has 1 N–H and O–H groups in total. The van der Waals surface area contributed by atoms with Gasteiger partial charge in [-0.1, -0.05) is 12.1 Å². The third-order valence-corrected chi connectivity index (χ3v) is 5.91. The number of methoxy groups -OCH3 is 1. The molecule has 3 heterocycles. The molecule has 0 saturated carbocycles. The number of imidazole rings is 1. The number of amides is 2. The number of nitrogens with one attached hydrogen (secondary N) is 1. The molecule has 0 aliphatic carbocycles. The van der Waals surface area contributed by atoms with E-state index < -0.39 is 5.92 Å². The third-order valence-electron chi connectivity index (χ3n) is 5.91. The van der Waals surface area contributed by atoms with Gasteiger partial charge in [-0.3, -0.25) is 14.0 Å². The molecule has 2 aromatic heterocycles. The first kappa shape index (κ1) is 20.7. The quantitative estimate of drug-likeness (QED) is 0.510. The van der Waals surface area contributed by atoms with E-state index in [0.29, 0.717) is 18.0 Å². The van der Waals surface area contributed by atoms with Crippen molar-refractivity contribution < 1.29 is 14.3 Å². The number of hydrogen-bond donors (Lipinski definition) is 1. The maximum Gasteiger partial charge on any atom is 0.234 e. The lowest BCUT2D eigenvalue weighted by atomic mass is 10.1. The standard InChI is InChI=1S/C25H23N5O3/c1-16-4-5-17(22-15-29-11-3-10-26-25(29)28-22)12-21(16)27-24(32)18-13-23(31)30(14-18)19-6-8-20(33-2)9-7-19/h3-12,15,18H,13-14H2,1-2H3,(H,27,32)/t18-/m0/s1. The van der Waals surface area contributed by atoms with Crippen LogP contribution in [0.15, 0.2) is 67.1 Å². The highest BCUT2D eigenvalue weighted by atomic mass is 16.5. The van der Waals surface area contributed by atoms with Crippen molar-refractivity contribution in [2.45, 2.75) is 13.3 Å². The Hall–Kier alpha value is -4.20. The van der Waals surface area contributed by atoms with Gasteiger partial charge in [0.1, 0.15) is 5.75 Å². The lowest BCUT2D eigenvalue weighted by molar-refractivity contribution is -0.122. The summed E-state index contributed by atoms with van der Waals surface area (Å²) >= 11 is 0. The third kappa shape index (κ3) is 4.03. The smallest absolute Gasteiger partial charge is 0.234 e. The van der Waals surface area contributed by atoms with Gasteiger partial charge in [0.15, 0.2) is 0 Å². The van der Waals surface area contributed by atoms with Gasteiger partial charge < -0.3 is 15.0 Å². The van der Waals surface area contributed by atoms with Crippen molar-refractivity contribution in [2.75, 3.05) is 23.9 Å². The second-order valence-electron chi connectivity index (χ2n) is 8.08. The van der Waals surface area contributed by atoms with Gasteiger partial charge in [0.25, 0.3) is 0 Å². The molecule has 0 radical (unpaired) electrons. The Balaban J connectivity index is 1.33. The summed E-state index contributed by atoms with van der Waals surface area (Å²) in [4.78, 5) is 36.1. The van der Waals surface area contributed by atoms with Crippen LogP contribution in [0, 0.1) is 12.8 Å². The van der Waals surface area contributed by atoms with Crippen LogP contribution in [0.2, 0.25) is 0 Å². The minimum absolute atomic E-state index is 0.0667. The SMILES string of the molecule is COc1ccc(N2C[C@@H](C(=O)Nc3cc(-c4cn5cccnc5n4)ccc3C)CC2=O)cc1. The summed E-state index contributed by atoms with van der Waals surface area (Å²) in [5.41, 5.74) is 4.05. The van der Waals surface area contributed by atoms with Crippen LogP contribution in [-0.4, -0.2) is 39.8 Å². The van der Waals surface area contributed by atoms with Crippen LogP contribution in [0.5, 0.6) is 5.75 Å². The molecule has 5 rings (SSSR count). The highest BCUT2D eigenvalue weighted by molar-refractivity contribution is 6.03. The zero-order valence-electron chi connectivity index (χ0n) is 18.4. The van der Waals surface area contributed by atoms with Crippen molar-refractivity contribution >= 4 is 29.0 Å². The zero-order chi connectivity index (χ0) is 22.9. The first-order chi connectivity index (χ1) is 16.0. The summed E-state index contributed by atoms with van der Waals surface area (Å²) in [6.07, 6.45) is 5.67. The number of ether oxygens (including phenoxy) is 1. The van der Waals surface area contributed by atoms with Crippen LogP contribution in [0.3, 0.4) is 0 Å². The van der Waals surface area contributed by atoms with Gasteiger partial charge in [-0.2, -0.15) is 0 Å². The second kappa shape index (κ2) is 8.38. The largest absolute Gasteiger partial charge is 0.497 e. The average molecular weight is 441 g/mol. The van der Waals surface area contributed by atoms with Crippen LogP contribution in [0.25, 0.3) is 17.0 Å². The van der Waals surface area contributed by atoms with E-state index >= 15 is 0 Å². The Labute approximate surface area is 190 Å². The van der Waals surface area contributed by atoms with Gasteiger partial charge in [-0.05, 0) is 48.9 Å². The number of anilines is 2. The van der Waals surface area contributed by atoms with E-state index in [2.05, 4.69) is 15.3 Å². The summed E-state index contributed by atoms with van der Waals surface area (Å²) in [5.74, 6) is 0.666. The Morgan fingerprint density at radius 3 is 2.76 bits per heavy atom. The summed E-state index contributed by atoms with van der Waals surface area (Å²) in [5, 5.41) is 3.02. The number of nitrogens with zero attached hydrogens (tertiary/aromatic N) is 4. The molecule has 1 saturated heterocycles. The number of hydrogen-bond acceptors (Lipinski definition) is 5. The molecule has 1 aliphatic rings. The van der Waals surface area contributed by atoms with Crippen LogP contribution in [0.4, 0.5) is 11.4 Å². The number of benzene rings is 2. The maximum atomic E-state index is 13.0. The molecular formula is C25H23N5O3. The predicted octanol–water partition coefficient (Wildman–Crippen LogP) is 3.70. The highest BCUT2D eigenvalue weighted by Gasteiger charge is 2.35. The summed E-state index contributed by atoms with van der Waals surface area (Å²) in [6.45, 7) is 2.28. The molecule has 8 heteroatoms. The molecule has 0 spiro atoms. The van der Waals surface area contributed by atoms with Crippen LogP contribution < -0.4 is 15.0 Å².